The molecule has 3 heteroatoms. The van der Waals surface area contributed by atoms with Crippen LogP contribution in [0.4, 0.5) is 0 Å². The number of carbonyl (C=O) groups excluding carboxylic acids is 1. The van der Waals surface area contributed by atoms with Gasteiger partial charge in [-0.25, -0.2) is 0 Å². The highest BCUT2D eigenvalue weighted by Crippen LogP contribution is 2.25. The molecule has 0 fully saturated rings. The molecule has 0 heterocycles. The van der Waals surface area contributed by atoms with Crippen LogP contribution in [0.25, 0.3) is 11.1 Å². The fraction of sp³-hybridized carbons (Fsp3) is 0.278. The molecule has 110 valence electrons. The number of primary amides is 1. The highest BCUT2D eigenvalue weighted by atomic mass is 16.1. The first-order valence-electron chi connectivity index (χ1n) is 7.29. The second-order valence-corrected chi connectivity index (χ2v) is 5.36. The van der Waals surface area contributed by atoms with Gasteiger partial charge >= 0.3 is 0 Å². The number of nitrogens with one attached hydrogen (secondary N) is 1. The zero-order valence-electron chi connectivity index (χ0n) is 12.6. The lowest BCUT2D eigenvalue weighted by atomic mass is 9.89. The third-order valence-electron chi connectivity index (χ3n) is 3.79. The average Bonchev–Trinajstić information content (AvgIpc) is 2.53. The molecule has 0 spiro atoms. The number of carbonyl (C=O) groups is 1. The molecule has 3 N–H and O–H groups in total. The lowest BCUT2D eigenvalue weighted by Gasteiger charge is -2.28. The Bertz CT molecular complexity index is 592. The number of hydrogen-bond donors (Lipinski definition) is 2. The summed E-state index contributed by atoms with van der Waals surface area (Å²) in [6.07, 6.45) is 0.949. The van der Waals surface area contributed by atoms with Crippen molar-refractivity contribution in [1.29, 1.82) is 0 Å². The van der Waals surface area contributed by atoms with Gasteiger partial charge in [0.15, 0.2) is 0 Å². The minimum absolute atomic E-state index is 0.358. The van der Waals surface area contributed by atoms with Crippen LogP contribution in [-0.2, 0) is 10.3 Å². The average molecular weight is 282 g/mol. The summed E-state index contributed by atoms with van der Waals surface area (Å²) in [5.74, 6) is -0.358. The largest absolute Gasteiger partial charge is 0.368 e. The molecule has 2 aromatic rings. The summed E-state index contributed by atoms with van der Waals surface area (Å²) in [6.45, 7) is 4.65. The first-order valence-corrected chi connectivity index (χ1v) is 7.29. The summed E-state index contributed by atoms with van der Waals surface area (Å²) in [6, 6.07) is 18.1. The predicted octanol–water partition coefficient (Wildman–Crippen LogP) is 3.05. The molecule has 1 atom stereocenters. The summed E-state index contributed by atoms with van der Waals surface area (Å²) < 4.78 is 0. The molecule has 0 bridgehead atoms. The molecule has 1 unspecified atom stereocenters. The molecule has 0 aliphatic heterocycles. The van der Waals surface area contributed by atoms with Crippen LogP contribution in [0.1, 0.15) is 25.8 Å². The van der Waals surface area contributed by atoms with Crippen molar-refractivity contribution in [3.05, 3.63) is 60.2 Å². The maximum atomic E-state index is 11.8. The summed E-state index contributed by atoms with van der Waals surface area (Å²) in [4.78, 5) is 11.8. The number of nitrogens with two attached hydrogens (primary N) is 1. The first kappa shape index (κ1) is 15.3. The van der Waals surface area contributed by atoms with Crippen LogP contribution in [0.2, 0.25) is 0 Å². The third-order valence-corrected chi connectivity index (χ3v) is 3.79. The second kappa shape index (κ2) is 6.55. The van der Waals surface area contributed by atoms with Gasteiger partial charge in [-0.1, -0.05) is 61.5 Å². The summed E-state index contributed by atoms with van der Waals surface area (Å²) in [7, 11) is 0. The number of amides is 1. The van der Waals surface area contributed by atoms with Crippen LogP contribution >= 0.6 is 0 Å². The number of hydrogen-bond acceptors (Lipinski definition) is 2. The maximum absolute atomic E-state index is 11.8. The molecule has 0 saturated heterocycles. The normalized spacial score (nSPS) is 13.6. The fourth-order valence-electron chi connectivity index (χ4n) is 2.33. The van der Waals surface area contributed by atoms with Gasteiger partial charge < -0.3 is 5.73 Å². The van der Waals surface area contributed by atoms with E-state index in [1.807, 2.05) is 49.4 Å². The Morgan fingerprint density at radius 1 is 1.05 bits per heavy atom. The van der Waals surface area contributed by atoms with Gasteiger partial charge in [-0.3, -0.25) is 10.1 Å². The highest BCUT2D eigenvalue weighted by molar-refractivity contribution is 5.86. The van der Waals surface area contributed by atoms with Crippen molar-refractivity contribution in [3.8, 4) is 11.1 Å². The lowest BCUT2D eigenvalue weighted by Crippen LogP contribution is -2.50. The van der Waals surface area contributed by atoms with Gasteiger partial charge in [0.25, 0.3) is 0 Å². The summed E-state index contributed by atoms with van der Waals surface area (Å²) in [5.41, 5.74) is 7.94. The fourth-order valence-corrected chi connectivity index (χ4v) is 2.33. The molecule has 0 saturated carbocycles. The Labute approximate surface area is 126 Å². The molecule has 0 radical (unpaired) electrons. The Kier molecular flexibility index (Phi) is 4.76. The molecule has 3 nitrogen and oxygen atoms in total. The van der Waals surface area contributed by atoms with Crippen molar-refractivity contribution in [1.82, 2.24) is 5.32 Å². The van der Waals surface area contributed by atoms with E-state index in [0.717, 1.165) is 29.7 Å². The Balaban J connectivity index is 2.30. The molecule has 1 amide bonds. The van der Waals surface area contributed by atoms with Crippen molar-refractivity contribution in [3.63, 3.8) is 0 Å². The van der Waals surface area contributed by atoms with E-state index < -0.39 is 5.54 Å². The molecule has 2 aromatic carbocycles. The van der Waals surface area contributed by atoms with E-state index in [1.54, 1.807) is 0 Å². The number of benzene rings is 2. The molecule has 0 aromatic heterocycles. The van der Waals surface area contributed by atoms with E-state index >= 15 is 0 Å². The standard InChI is InChI=1S/C18H22N2O/c1-3-13-20-18(2,17(19)21)16-11-9-15(10-12-16)14-7-5-4-6-8-14/h4-12,20H,3,13H2,1-2H3,(H2,19,21). The Morgan fingerprint density at radius 3 is 2.14 bits per heavy atom. The maximum Gasteiger partial charge on any atom is 0.242 e. The SMILES string of the molecule is CCCNC(C)(C(N)=O)c1ccc(-c2ccccc2)cc1. The molecular weight excluding hydrogens is 260 g/mol. The predicted molar refractivity (Wildman–Crippen MR) is 86.7 cm³/mol. The van der Waals surface area contributed by atoms with E-state index in [0.29, 0.717) is 0 Å². The number of rotatable bonds is 6. The van der Waals surface area contributed by atoms with Gasteiger partial charge in [0.1, 0.15) is 5.54 Å². The van der Waals surface area contributed by atoms with E-state index in [9.17, 15) is 4.79 Å². The van der Waals surface area contributed by atoms with E-state index in [4.69, 9.17) is 5.73 Å². The smallest absolute Gasteiger partial charge is 0.242 e. The first-order chi connectivity index (χ1) is 10.1. The van der Waals surface area contributed by atoms with Crippen molar-refractivity contribution < 1.29 is 4.79 Å². The zero-order valence-corrected chi connectivity index (χ0v) is 12.6. The van der Waals surface area contributed by atoms with E-state index in [2.05, 4.69) is 24.4 Å². The quantitative estimate of drug-likeness (QED) is 0.855. The molecular formula is C18H22N2O. The van der Waals surface area contributed by atoms with Crippen LogP contribution in [-0.4, -0.2) is 12.5 Å². The van der Waals surface area contributed by atoms with Crippen LogP contribution in [0.5, 0.6) is 0 Å². The van der Waals surface area contributed by atoms with Crippen molar-refractivity contribution in [2.45, 2.75) is 25.8 Å². The van der Waals surface area contributed by atoms with Crippen LogP contribution in [0, 0.1) is 0 Å². The van der Waals surface area contributed by atoms with Gasteiger partial charge in [0, 0.05) is 0 Å². The summed E-state index contributed by atoms with van der Waals surface area (Å²) in [5, 5.41) is 3.25. The zero-order chi connectivity index (χ0) is 15.3. The van der Waals surface area contributed by atoms with Crippen LogP contribution < -0.4 is 11.1 Å². The van der Waals surface area contributed by atoms with E-state index in [-0.39, 0.29) is 5.91 Å². The van der Waals surface area contributed by atoms with Crippen molar-refractivity contribution in [2.24, 2.45) is 5.73 Å². The third kappa shape index (κ3) is 3.31. The second-order valence-electron chi connectivity index (χ2n) is 5.36. The van der Waals surface area contributed by atoms with Crippen molar-refractivity contribution in [2.75, 3.05) is 6.54 Å². The van der Waals surface area contributed by atoms with Gasteiger partial charge in [-0.05, 0) is 36.6 Å². The Hall–Kier alpha value is -2.13. The van der Waals surface area contributed by atoms with Gasteiger partial charge in [0.05, 0.1) is 0 Å². The van der Waals surface area contributed by atoms with Gasteiger partial charge in [-0.2, -0.15) is 0 Å². The molecule has 2 rings (SSSR count). The van der Waals surface area contributed by atoms with Gasteiger partial charge in [0.2, 0.25) is 5.91 Å². The molecule has 0 aliphatic carbocycles. The lowest BCUT2D eigenvalue weighted by molar-refractivity contribution is -0.124. The van der Waals surface area contributed by atoms with Crippen molar-refractivity contribution >= 4 is 5.91 Å². The monoisotopic (exact) mass is 282 g/mol. The van der Waals surface area contributed by atoms with E-state index in [1.165, 1.54) is 0 Å². The topological polar surface area (TPSA) is 55.1 Å². The van der Waals surface area contributed by atoms with Crippen LogP contribution in [0.15, 0.2) is 54.6 Å². The molecule has 0 aliphatic rings. The Morgan fingerprint density at radius 2 is 1.62 bits per heavy atom. The highest BCUT2D eigenvalue weighted by Gasteiger charge is 2.32. The van der Waals surface area contributed by atoms with Crippen LogP contribution in [0.3, 0.4) is 0 Å². The molecule has 21 heavy (non-hydrogen) atoms. The summed E-state index contributed by atoms with van der Waals surface area (Å²) >= 11 is 0. The minimum atomic E-state index is -0.828. The minimum Gasteiger partial charge on any atom is -0.368 e. The van der Waals surface area contributed by atoms with Gasteiger partial charge in [-0.15, -0.1) is 0 Å².